The van der Waals surface area contributed by atoms with Gasteiger partial charge in [-0.15, -0.1) is 0 Å². The third-order valence-corrected chi connectivity index (χ3v) is 6.90. The Hall–Kier alpha value is -3.11. The lowest BCUT2D eigenvalue weighted by molar-refractivity contribution is 0.0623. The molecule has 2 fully saturated rings. The Balaban J connectivity index is 1.42. The van der Waals surface area contributed by atoms with Gasteiger partial charge in [0.2, 0.25) is 0 Å². The number of carbonyl (C=O) groups excluding carboxylic acids is 1. The fourth-order valence-electron chi connectivity index (χ4n) is 4.26. The number of hydrogen-bond acceptors (Lipinski definition) is 6. The zero-order valence-electron chi connectivity index (χ0n) is 16.2. The minimum atomic E-state index is -3.84. The quantitative estimate of drug-likeness (QED) is 0.609. The van der Waals surface area contributed by atoms with Crippen molar-refractivity contribution in [3.8, 4) is 0 Å². The van der Waals surface area contributed by atoms with Crippen LogP contribution in [-0.4, -0.2) is 59.4 Å². The van der Waals surface area contributed by atoms with Crippen molar-refractivity contribution in [3.63, 3.8) is 0 Å². The highest BCUT2D eigenvalue weighted by atomic mass is 32.2. The lowest BCUT2D eigenvalue weighted by atomic mass is 10.0. The number of aromatic nitrogens is 3. The molecule has 1 saturated heterocycles. The molecule has 3 heterocycles. The van der Waals surface area contributed by atoms with Crippen molar-refractivity contribution in [2.75, 3.05) is 24.5 Å². The van der Waals surface area contributed by atoms with E-state index in [2.05, 4.69) is 26.8 Å². The van der Waals surface area contributed by atoms with Crippen molar-refractivity contribution in [3.05, 3.63) is 54.8 Å². The summed E-state index contributed by atoms with van der Waals surface area (Å²) >= 11 is 0. The van der Waals surface area contributed by atoms with E-state index in [0.29, 0.717) is 30.8 Å². The van der Waals surface area contributed by atoms with Gasteiger partial charge in [-0.25, -0.2) is 23.5 Å². The molecule has 10 heteroatoms. The Morgan fingerprint density at radius 2 is 2.00 bits per heavy atom. The molecule has 2 aromatic heterocycles. The number of piperazine rings is 1. The van der Waals surface area contributed by atoms with Gasteiger partial charge in [0.25, 0.3) is 10.0 Å². The number of fused-ring (bicyclic) bond motifs is 1. The molecule has 3 N–H and O–H groups in total. The molecule has 2 aliphatic rings. The molecule has 9 nitrogen and oxygen atoms in total. The smallest absolute Gasteiger partial charge is 0.311 e. The summed E-state index contributed by atoms with van der Waals surface area (Å²) in [6.07, 6.45) is 5.22. The second-order valence-electron chi connectivity index (χ2n) is 7.90. The number of anilines is 1. The number of primary sulfonamides is 1. The van der Waals surface area contributed by atoms with E-state index in [4.69, 9.17) is 5.14 Å². The summed E-state index contributed by atoms with van der Waals surface area (Å²) in [4.78, 5) is 29.2. The van der Waals surface area contributed by atoms with Gasteiger partial charge in [-0.3, -0.25) is 4.79 Å². The number of nitrogens with zero attached hydrogens (tertiary/aromatic N) is 4. The van der Waals surface area contributed by atoms with Gasteiger partial charge in [-0.05, 0) is 25.0 Å². The second-order valence-corrected chi connectivity index (χ2v) is 9.47. The molecular formula is C20H21N6O3S+. The topological polar surface area (TPSA) is 125 Å². The van der Waals surface area contributed by atoms with Gasteiger partial charge in [0.15, 0.2) is 0 Å². The number of nitrogens with one attached hydrogen (secondary N) is 1. The third kappa shape index (κ3) is 2.99. The molecule has 1 aromatic carbocycles. The van der Waals surface area contributed by atoms with Gasteiger partial charge in [0.1, 0.15) is 33.8 Å². The summed E-state index contributed by atoms with van der Waals surface area (Å²) in [6.45, 7) is 5.76. The summed E-state index contributed by atoms with van der Waals surface area (Å²) in [5, 5.41) is 6.15. The second kappa shape index (κ2) is 6.44. The molecule has 3 aromatic rings. The van der Waals surface area contributed by atoms with Gasteiger partial charge in [0.05, 0.1) is 17.0 Å². The van der Waals surface area contributed by atoms with Crippen LogP contribution < -0.4 is 10.0 Å². The van der Waals surface area contributed by atoms with Crippen LogP contribution in [0.5, 0.6) is 0 Å². The van der Waals surface area contributed by atoms with Crippen LogP contribution >= 0.6 is 0 Å². The summed E-state index contributed by atoms with van der Waals surface area (Å²) in [7, 11) is -3.84. The van der Waals surface area contributed by atoms with Gasteiger partial charge >= 0.3 is 5.91 Å². The normalized spacial score (nSPS) is 18.2. The van der Waals surface area contributed by atoms with Crippen LogP contribution in [0.3, 0.4) is 0 Å². The summed E-state index contributed by atoms with van der Waals surface area (Å²) < 4.78 is 23.1. The predicted octanol–water partition coefficient (Wildman–Crippen LogP) is 1.28. The molecule has 1 spiro atoms. The van der Waals surface area contributed by atoms with Gasteiger partial charge in [-0.1, -0.05) is 0 Å². The Bertz CT molecular complexity index is 1260. The summed E-state index contributed by atoms with van der Waals surface area (Å²) in [6, 6.07) is 6.17. The Kier molecular flexibility index (Phi) is 4.06. The number of rotatable bonds is 3. The summed E-state index contributed by atoms with van der Waals surface area (Å²) in [5.41, 5.74) is 1.31. The molecule has 0 bridgehead atoms. The zero-order chi connectivity index (χ0) is 21.1. The molecule has 5 rings (SSSR count). The van der Waals surface area contributed by atoms with Crippen molar-refractivity contribution < 1.29 is 13.2 Å². The standard InChI is InChI=1S/C20H21N6O3S/c1-13-10-14(30(21,28)29)2-3-15(13)19(27)26-9-8-25(11-20(26)5-6-20)18-16-4-7-22-17(16)23-12-24-18/h2-4,7,10,12H,1,5-6,8-9,11H2,(H2,21,28,29)(H,22,23,24)/q+1. The first kappa shape index (κ1) is 18.9. The predicted molar refractivity (Wildman–Crippen MR) is 111 cm³/mol. The monoisotopic (exact) mass is 425 g/mol. The largest absolute Gasteiger partial charge is 0.352 e. The van der Waals surface area contributed by atoms with Crippen molar-refractivity contribution >= 4 is 32.8 Å². The summed E-state index contributed by atoms with van der Waals surface area (Å²) in [5.74, 6) is 0.738. The Morgan fingerprint density at radius 1 is 1.20 bits per heavy atom. The van der Waals surface area contributed by atoms with Crippen LogP contribution in [0.2, 0.25) is 0 Å². The van der Waals surface area contributed by atoms with E-state index in [9.17, 15) is 13.2 Å². The first-order chi connectivity index (χ1) is 14.3. The highest BCUT2D eigenvalue weighted by Gasteiger charge is 2.54. The molecule has 0 atom stereocenters. The van der Waals surface area contributed by atoms with Crippen LogP contribution in [-0.2, 0) is 10.0 Å². The Labute approximate surface area is 174 Å². The van der Waals surface area contributed by atoms with E-state index in [1.54, 1.807) is 6.33 Å². The SMILES string of the molecule is [CH2+]c1cc(S(N)(=O)=O)ccc1C(=O)N1CCN(c2ncnc3[nH]ccc23)CC12CC2. The van der Waals surface area contributed by atoms with E-state index >= 15 is 0 Å². The van der Waals surface area contributed by atoms with E-state index in [0.717, 1.165) is 29.7 Å². The van der Waals surface area contributed by atoms with Crippen molar-refractivity contribution in [2.45, 2.75) is 23.3 Å². The Morgan fingerprint density at radius 3 is 2.70 bits per heavy atom. The molecular weight excluding hydrogens is 404 g/mol. The average molecular weight is 425 g/mol. The minimum Gasteiger partial charge on any atom is -0.352 e. The molecule has 154 valence electrons. The van der Waals surface area contributed by atoms with Crippen LogP contribution in [0.25, 0.3) is 11.0 Å². The molecule has 1 aliphatic heterocycles. The number of aromatic amines is 1. The number of hydrogen-bond donors (Lipinski definition) is 2. The van der Waals surface area contributed by atoms with Crippen LogP contribution in [0.15, 0.2) is 41.7 Å². The minimum absolute atomic E-state index is 0.0470. The molecule has 1 amide bonds. The molecule has 0 unspecified atom stereocenters. The molecule has 0 radical (unpaired) electrons. The first-order valence-corrected chi connectivity index (χ1v) is 11.2. The van der Waals surface area contributed by atoms with Crippen molar-refractivity contribution in [1.82, 2.24) is 19.9 Å². The average Bonchev–Trinajstić information content (AvgIpc) is 3.28. The van der Waals surface area contributed by atoms with E-state index in [1.807, 2.05) is 17.2 Å². The van der Waals surface area contributed by atoms with E-state index < -0.39 is 10.0 Å². The number of nitrogens with two attached hydrogens (primary N) is 1. The highest BCUT2D eigenvalue weighted by Crippen LogP contribution is 2.46. The van der Waals surface area contributed by atoms with Crippen molar-refractivity contribution in [1.29, 1.82) is 0 Å². The van der Waals surface area contributed by atoms with Gasteiger partial charge in [0, 0.05) is 38.8 Å². The maximum Gasteiger partial charge on any atom is 0.311 e. The molecule has 1 saturated carbocycles. The maximum absolute atomic E-state index is 13.3. The van der Waals surface area contributed by atoms with E-state index in [1.165, 1.54) is 18.2 Å². The maximum atomic E-state index is 13.3. The van der Waals surface area contributed by atoms with Crippen LogP contribution in [0.1, 0.15) is 28.8 Å². The van der Waals surface area contributed by atoms with Crippen LogP contribution in [0.4, 0.5) is 5.82 Å². The third-order valence-electron chi connectivity index (χ3n) is 5.99. The number of carbonyl (C=O) groups is 1. The fraction of sp³-hybridized carbons (Fsp3) is 0.300. The molecule has 30 heavy (non-hydrogen) atoms. The number of amides is 1. The number of benzene rings is 1. The lowest BCUT2D eigenvalue weighted by Crippen LogP contribution is -2.57. The zero-order valence-corrected chi connectivity index (χ0v) is 17.0. The first-order valence-electron chi connectivity index (χ1n) is 9.62. The van der Waals surface area contributed by atoms with E-state index in [-0.39, 0.29) is 16.3 Å². The highest BCUT2D eigenvalue weighted by molar-refractivity contribution is 7.89. The van der Waals surface area contributed by atoms with Gasteiger partial charge in [-0.2, -0.15) is 0 Å². The van der Waals surface area contributed by atoms with Crippen LogP contribution in [0, 0.1) is 6.92 Å². The molecule has 1 aliphatic carbocycles. The number of H-pyrrole nitrogens is 1. The van der Waals surface area contributed by atoms with Gasteiger partial charge < -0.3 is 14.8 Å². The fourth-order valence-corrected chi connectivity index (χ4v) is 4.82. The number of sulfonamides is 1. The van der Waals surface area contributed by atoms with Crippen molar-refractivity contribution in [2.24, 2.45) is 5.14 Å². The lowest BCUT2D eigenvalue weighted by Gasteiger charge is -2.42.